The highest BCUT2D eigenvalue weighted by atomic mass is 35.5. The Morgan fingerprint density at radius 2 is 1.64 bits per heavy atom. The Labute approximate surface area is 226 Å². The van der Waals surface area contributed by atoms with Gasteiger partial charge < -0.3 is 10.1 Å². The van der Waals surface area contributed by atoms with E-state index in [1.54, 1.807) is 42.5 Å². The number of halogens is 4. The van der Waals surface area contributed by atoms with E-state index >= 15 is 0 Å². The molecular weight excluding hydrogens is 529 g/mol. The number of anilines is 1. The Kier molecular flexibility index (Phi) is 7.08. The zero-order valence-electron chi connectivity index (χ0n) is 20.4. The molecule has 5 aromatic rings. The normalized spacial score (nSPS) is 11.3. The molecule has 0 spiro atoms. The van der Waals surface area contributed by atoms with Crippen molar-refractivity contribution >= 4 is 23.2 Å². The first kappa shape index (κ1) is 26.0. The Morgan fingerprint density at radius 3 is 2.33 bits per heavy atom. The number of hydrogen-bond donors (Lipinski definition) is 1. The summed E-state index contributed by atoms with van der Waals surface area (Å²) in [7, 11) is 0. The topological polar surface area (TPSA) is 69.0 Å². The Bertz CT molecular complexity index is 1630. The summed E-state index contributed by atoms with van der Waals surface area (Å²) in [5.41, 5.74) is 5.04. The maximum absolute atomic E-state index is 13.0. The third kappa shape index (κ3) is 6.10. The highest BCUT2D eigenvalue weighted by Crippen LogP contribution is 2.31. The van der Waals surface area contributed by atoms with Crippen molar-refractivity contribution in [3.8, 4) is 34.0 Å². The van der Waals surface area contributed by atoms with E-state index in [9.17, 15) is 18.0 Å². The van der Waals surface area contributed by atoms with Crippen molar-refractivity contribution < 1.29 is 22.7 Å². The van der Waals surface area contributed by atoms with Crippen molar-refractivity contribution in [1.29, 1.82) is 0 Å². The van der Waals surface area contributed by atoms with Gasteiger partial charge in [0.2, 0.25) is 0 Å². The molecule has 1 aromatic heterocycles. The van der Waals surface area contributed by atoms with Gasteiger partial charge in [0.05, 0.1) is 5.69 Å². The van der Waals surface area contributed by atoms with Crippen molar-refractivity contribution in [2.75, 3.05) is 5.32 Å². The van der Waals surface area contributed by atoms with Crippen molar-refractivity contribution in [2.45, 2.75) is 13.3 Å². The summed E-state index contributed by atoms with van der Waals surface area (Å²) in [4.78, 5) is 17.2. The number of aryl methyl sites for hydroxylation is 1. The molecule has 0 saturated carbocycles. The summed E-state index contributed by atoms with van der Waals surface area (Å²) in [6, 6.07) is 25.2. The molecule has 0 fully saturated rings. The van der Waals surface area contributed by atoms with Crippen molar-refractivity contribution in [2.24, 2.45) is 0 Å². The van der Waals surface area contributed by atoms with Crippen LogP contribution in [0.4, 0.5) is 18.9 Å². The first-order valence-corrected chi connectivity index (χ1v) is 12.1. The van der Waals surface area contributed by atoms with Crippen LogP contribution in [-0.4, -0.2) is 27.0 Å². The van der Waals surface area contributed by atoms with Crippen molar-refractivity contribution in [1.82, 2.24) is 14.8 Å². The molecule has 1 heterocycles. The van der Waals surface area contributed by atoms with Gasteiger partial charge in [0.1, 0.15) is 12.1 Å². The summed E-state index contributed by atoms with van der Waals surface area (Å²) in [5.74, 6) is -0.201. The molecule has 0 bridgehead atoms. The lowest BCUT2D eigenvalue weighted by molar-refractivity contribution is -0.274. The third-order valence-electron chi connectivity index (χ3n) is 5.89. The van der Waals surface area contributed by atoms with Gasteiger partial charge in [-0.25, -0.2) is 9.67 Å². The lowest BCUT2D eigenvalue weighted by Gasteiger charge is -2.11. The van der Waals surface area contributed by atoms with Gasteiger partial charge in [0.25, 0.3) is 5.91 Å². The summed E-state index contributed by atoms with van der Waals surface area (Å²) >= 11 is 6.42. The van der Waals surface area contributed by atoms with Crippen LogP contribution in [0.5, 0.6) is 5.75 Å². The number of rotatable bonds is 6. The van der Waals surface area contributed by atoms with E-state index in [0.717, 1.165) is 16.7 Å². The second kappa shape index (κ2) is 10.6. The molecule has 0 aliphatic heterocycles. The minimum absolute atomic E-state index is 0.283. The second-order valence-electron chi connectivity index (χ2n) is 8.60. The standard InChI is InChI=1S/C29H20ClF3N4O2/c1-18-4-2-3-5-24(18)25-16-20(8-15-26(25)30)28(38)35-21-9-6-19(7-10-21)27-34-17-37(36-27)22-11-13-23(14-12-22)39-29(31,32)33/h2-17H,1H3,(H,35,38). The van der Waals surface area contributed by atoms with E-state index in [0.29, 0.717) is 33.3 Å². The molecule has 0 atom stereocenters. The fraction of sp³-hybridized carbons (Fsp3) is 0.0690. The number of ether oxygens (including phenoxy) is 1. The Hall–Kier alpha value is -4.63. The van der Waals surface area contributed by atoms with Gasteiger partial charge in [-0.3, -0.25) is 4.79 Å². The predicted octanol–water partition coefficient (Wildman–Crippen LogP) is 7.71. The van der Waals surface area contributed by atoms with Crippen LogP contribution in [0.3, 0.4) is 0 Å². The molecule has 0 radical (unpaired) electrons. The van der Waals surface area contributed by atoms with E-state index in [2.05, 4.69) is 20.1 Å². The molecule has 10 heteroatoms. The lowest BCUT2D eigenvalue weighted by atomic mass is 9.98. The van der Waals surface area contributed by atoms with E-state index in [1.807, 2.05) is 31.2 Å². The fourth-order valence-corrected chi connectivity index (χ4v) is 4.19. The monoisotopic (exact) mass is 548 g/mol. The van der Waals surface area contributed by atoms with Gasteiger partial charge in [-0.05, 0) is 84.8 Å². The van der Waals surface area contributed by atoms with Crippen LogP contribution in [-0.2, 0) is 0 Å². The van der Waals surface area contributed by atoms with Crippen molar-refractivity contribution in [3.05, 3.63) is 113 Å². The van der Waals surface area contributed by atoms with Crippen LogP contribution in [0.2, 0.25) is 5.02 Å². The molecule has 1 N–H and O–H groups in total. The Morgan fingerprint density at radius 1 is 0.923 bits per heavy atom. The maximum atomic E-state index is 13.0. The van der Waals surface area contributed by atoms with Crippen molar-refractivity contribution in [3.63, 3.8) is 0 Å². The van der Waals surface area contributed by atoms with Gasteiger partial charge in [0, 0.05) is 27.4 Å². The number of carbonyl (C=O) groups is 1. The fourth-order valence-electron chi connectivity index (χ4n) is 3.97. The SMILES string of the molecule is Cc1ccccc1-c1cc(C(=O)Nc2ccc(-c3ncn(-c4ccc(OC(F)(F)F)cc4)n3)cc2)ccc1Cl. The summed E-state index contributed by atoms with van der Waals surface area (Å²) in [5, 5.41) is 7.83. The van der Waals surface area contributed by atoms with Crippen LogP contribution in [0.25, 0.3) is 28.2 Å². The third-order valence-corrected chi connectivity index (χ3v) is 6.22. The van der Waals surface area contributed by atoms with Gasteiger partial charge in [-0.2, -0.15) is 0 Å². The van der Waals surface area contributed by atoms with E-state index in [-0.39, 0.29) is 11.7 Å². The van der Waals surface area contributed by atoms with Crippen LogP contribution >= 0.6 is 11.6 Å². The van der Waals surface area contributed by atoms with Gasteiger partial charge in [-0.15, -0.1) is 18.3 Å². The first-order chi connectivity index (χ1) is 18.7. The molecule has 1 amide bonds. The number of carbonyl (C=O) groups excluding carboxylic acids is 1. The van der Waals surface area contributed by atoms with Gasteiger partial charge in [-0.1, -0.05) is 35.9 Å². The number of nitrogens with one attached hydrogen (secondary N) is 1. The molecule has 5 rings (SSSR count). The van der Waals surface area contributed by atoms with E-state index in [4.69, 9.17) is 11.6 Å². The molecule has 0 aliphatic rings. The van der Waals surface area contributed by atoms with Crippen LogP contribution in [0, 0.1) is 6.92 Å². The molecule has 0 aliphatic carbocycles. The average Bonchev–Trinajstić information content (AvgIpc) is 3.40. The number of benzene rings is 4. The second-order valence-corrected chi connectivity index (χ2v) is 9.00. The lowest BCUT2D eigenvalue weighted by Crippen LogP contribution is -2.17. The summed E-state index contributed by atoms with van der Waals surface area (Å²) in [6.45, 7) is 1.99. The number of amides is 1. The largest absolute Gasteiger partial charge is 0.573 e. The van der Waals surface area contributed by atoms with Crippen LogP contribution < -0.4 is 10.1 Å². The number of nitrogens with zero attached hydrogens (tertiary/aromatic N) is 3. The average molecular weight is 549 g/mol. The number of hydrogen-bond acceptors (Lipinski definition) is 4. The van der Waals surface area contributed by atoms with Gasteiger partial charge in [0.15, 0.2) is 5.82 Å². The predicted molar refractivity (Wildman–Crippen MR) is 143 cm³/mol. The maximum Gasteiger partial charge on any atom is 0.573 e. The minimum Gasteiger partial charge on any atom is -0.406 e. The highest BCUT2D eigenvalue weighted by molar-refractivity contribution is 6.33. The van der Waals surface area contributed by atoms with Gasteiger partial charge >= 0.3 is 6.36 Å². The molecule has 4 aromatic carbocycles. The molecule has 0 unspecified atom stereocenters. The minimum atomic E-state index is -4.76. The number of alkyl halides is 3. The zero-order chi connectivity index (χ0) is 27.6. The van der Waals surface area contributed by atoms with E-state index < -0.39 is 6.36 Å². The quantitative estimate of drug-likeness (QED) is 0.236. The summed E-state index contributed by atoms with van der Waals surface area (Å²) in [6.07, 6.45) is -3.30. The highest BCUT2D eigenvalue weighted by Gasteiger charge is 2.31. The molecule has 196 valence electrons. The Balaban J connectivity index is 1.28. The van der Waals surface area contributed by atoms with E-state index in [1.165, 1.54) is 35.3 Å². The number of aromatic nitrogens is 3. The smallest absolute Gasteiger partial charge is 0.406 e. The zero-order valence-corrected chi connectivity index (χ0v) is 21.2. The molecule has 6 nitrogen and oxygen atoms in total. The molecular formula is C29H20ClF3N4O2. The molecule has 0 saturated heterocycles. The molecule has 39 heavy (non-hydrogen) atoms. The summed E-state index contributed by atoms with van der Waals surface area (Å²) < 4.78 is 42.4. The van der Waals surface area contributed by atoms with Crippen LogP contribution in [0.1, 0.15) is 15.9 Å². The van der Waals surface area contributed by atoms with Crippen LogP contribution in [0.15, 0.2) is 97.3 Å². The first-order valence-electron chi connectivity index (χ1n) is 11.7.